The number of aliphatic hydroxyl groups is 1. The average Bonchev–Trinajstić information content (AvgIpc) is 2.90. The Kier molecular flexibility index (Phi) is 4.29. The fraction of sp³-hybridized carbons (Fsp3) is 0.400. The highest BCUT2D eigenvalue weighted by molar-refractivity contribution is 5.97. The molecule has 2 aromatic rings. The summed E-state index contributed by atoms with van der Waals surface area (Å²) in [4.78, 5) is 12.1. The summed E-state index contributed by atoms with van der Waals surface area (Å²) in [5, 5.41) is 12.7. The molecule has 5 heteroatoms. The van der Waals surface area contributed by atoms with Crippen molar-refractivity contribution in [3.63, 3.8) is 0 Å². The quantitative estimate of drug-likeness (QED) is 0.878. The van der Waals surface area contributed by atoms with Gasteiger partial charge in [0.25, 0.3) is 5.91 Å². The molecule has 0 spiro atoms. The number of hydrogen-bond acceptors (Lipinski definition) is 4. The Morgan fingerprint density at radius 2 is 2.20 bits per heavy atom. The molecule has 2 N–H and O–H groups in total. The number of carbonyl (C=O) groups is 1. The Hall–Kier alpha value is -2.01. The largest absolute Gasteiger partial charge is 0.493 e. The molecule has 0 saturated heterocycles. The zero-order chi connectivity index (χ0) is 14.7. The number of amides is 1. The van der Waals surface area contributed by atoms with Crippen LogP contribution in [0.1, 0.15) is 24.4 Å². The molecule has 108 valence electrons. The number of para-hydroxylation sites is 1. The smallest absolute Gasteiger partial charge is 0.287 e. The van der Waals surface area contributed by atoms with Crippen molar-refractivity contribution < 1.29 is 19.1 Å². The second kappa shape index (κ2) is 5.96. The van der Waals surface area contributed by atoms with Crippen LogP contribution in [0.3, 0.4) is 0 Å². The van der Waals surface area contributed by atoms with Crippen LogP contribution in [0.2, 0.25) is 0 Å². The number of furan rings is 1. The SMILES string of the molecule is COc1cccc2cc(C(=O)NC(C)C(C)CO)oc12. The fourth-order valence-electron chi connectivity index (χ4n) is 1.89. The summed E-state index contributed by atoms with van der Waals surface area (Å²) in [6, 6.07) is 7.03. The van der Waals surface area contributed by atoms with E-state index in [2.05, 4.69) is 5.32 Å². The predicted molar refractivity (Wildman–Crippen MR) is 75.9 cm³/mol. The van der Waals surface area contributed by atoms with E-state index in [0.29, 0.717) is 11.3 Å². The van der Waals surface area contributed by atoms with Crippen LogP contribution in [0.5, 0.6) is 5.75 Å². The minimum atomic E-state index is -0.295. The predicted octanol–water partition coefficient (Wildman–Crippen LogP) is 2.19. The summed E-state index contributed by atoms with van der Waals surface area (Å²) < 4.78 is 10.8. The van der Waals surface area contributed by atoms with Gasteiger partial charge in [-0.05, 0) is 25.0 Å². The summed E-state index contributed by atoms with van der Waals surface area (Å²) >= 11 is 0. The van der Waals surface area contributed by atoms with Crippen LogP contribution >= 0.6 is 0 Å². The summed E-state index contributed by atoms with van der Waals surface area (Å²) in [5.74, 6) is 0.522. The molecule has 20 heavy (non-hydrogen) atoms. The highest BCUT2D eigenvalue weighted by Gasteiger charge is 2.19. The Bertz CT molecular complexity index is 605. The third-order valence-corrected chi connectivity index (χ3v) is 3.45. The second-order valence-corrected chi connectivity index (χ2v) is 4.91. The van der Waals surface area contributed by atoms with Gasteiger partial charge in [0, 0.05) is 18.0 Å². The minimum absolute atomic E-state index is 0.0159. The topological polar surface area (TPSA) is 71.7 Å². The van der Waals surface area contributed by atoms with Gasteiger partial charge in [-0.25, -0.2) is 0 Å². The maximum Gasteiger partial charge on any atom is 0.287 e. The second-order valence-electron chi connectivity index (χ2n) is 4.91. The number of nitrogens with one attached hydrogen (secondary N) is 1. The molecule has 1 aromatic carbocycles. The number of fused-ring (bicyclic) bond motifs is 1. The average molecular weight is 277 g/mol. The van der Waals surface area contributed by atoms with Gasteiger partial charge in [-0.2, -0.15) is 0 Å². The van der Waals surface area contributed by atoms with Crippen molar-refractivity contribution in [2.24, 2.45) is 5.92 Å². The first-order valence-corrected chi connectivity index (χ1v) is 6.55. The molecule has 0 saturated carbocycles. The fourth-order valence-corrected chi connectivity index (χ4v) is 1.89. The van der Waals surface area contributed by atoms with Crippen molar-refractivity contribution in [2.75, 3.05) is 13.7 Å². The molecular formula is C15H19NO4. The summed E-state index contributed by atoms with van der Waals surface area (Å²) in [5.41, 5.74) is 0.558. The lowest BCUT2D eigenvalue weighted by Crippen LogP contribution is -2.38. The van der Waals surface area contributed by atoms with Crippen LogP contribution in [0, 0.1) is 5.92 Å². The summed E-state index contributed by atoms with van der Waals surface area (Å²) in [6.07, 6.45) is 0. The van der Waals surface area contributed by atoms with Crippen LogP contribution in [-0.2, 0) is 0 Å². The van der Waals surface area contributed by atoms with Crippen LogP contribution in [-0.4, -0.2) is 30.8 Å². The number of aliphatic hydroxyl groups excluding tert-OH is 1. The van der Waals surface area contributed by atoms with Crippen LogP contribution in [0.4, 0.5) is 0 Å². The summed E-state index contributed by atoms with van der Waals surface area (Å²) in [6.45, 7) is 3.74. The Labute approximate surface area is 117 Å². The van der Waals surface area contributed by atoms with Gasteiger partial charge < -0.3 is 19.6 Å². The molecule has 2 unspecified atom stereocenters. The summed E-state index contributed by atoms with van der Waals surface area (Å²) in [7, 11) is 1.56. The molecule has 0 aliphatic rings. The van der Waals surface area contributed by atoms with Gasteiger partial charge >= 0.3 is 0 Å². The standard InChI is InChI=1S/C15H19NO4/c1-9(8-17)10(2)16-15(18)13-7-11-5-4-6-12(19-3)14(11)20-13/h4-7,9-10,17H,8H2,1-3H3,(H,16,18). The first-order valence-electron chi connectivity index (χ1n) is 6.55. The Balaban J connectivity index is 2.23. The third kappa shape index (κ3) is 2.77. The van der Waals surface area contributed by atoms with Crippen molar-refractivity contribution in [1.82, 2.24) is 5.32 Å². The van der Waals surface area contributed by atoms with Gasteiger partial charge in [0.15, 0.2) is 17.1 Å². The Morgan fingerprint density at radius 1 is 1.45 bits per heavy atom. The normalized spacial score (nSPS) is 14.0. The van der Waals surface area contributed by atoms with Crippen molar-refractivity contribution >= 4 is 16.9 Å². The molecule has 0 radical (unpaired) electrons. The molecule has 2 atom stereocenters. The first-order chi connectivity index (χ1) is 9.56. The van der Waals surface area contributed by atoms with Crippen LogP contribution in [0.25, 0.3) is 11.0 Å². The lowest BCUT2D eigenvalue weighted by Gasteiger charge is -2.18. The van der Waals surface area contributed by atoms with Gasteiger partial charge in [0.2, 0.25) is 0 Å². The third-order valence-electron chi connectivity index (χ3n) is 3.45. The zero-order valence-electron chi connectivity index (χ0n) is 11.8. The molecular weight excluding hydrogens is 258 g/mol. The van der Waals surface area contributed by atoms with Gasteiger partial charge in [0.05, 0.1) is 7.11 Å². The van der Waals surface area contributed by atoms with E-state index in [4.69, 9.17) is 14.3 Å². The van der Waals surface area contributed by atoms with Gasteiger partial charge in [0.1, 0.15) is 0 Å². The van der Waals surface area contributed by atoms with Crippen molar-refractivity contribution in [1.29, 1.82) is 0 Å². The first kappa shape index (κ1) is 14.4. The van der Waals surface area contributed by atoms with E-state index in [-0.39, 0.29) is 30.2 Å². The van der Waals surface area contributed by atoms with E-state index < -0.39 is 0 Å². The molecule has 0 fully saturated rings. The van der Waals surface area contributed by atoms with Gasteiger partial charge in [-0.3, -0.25) is 4.79 Å². The molecule has 1 amide bonds. The van der Waals surface area contributed by atoms with Gasteiger partial charge in [-0.15, -0.1) is 0 Å². The number of rotatable bonds is 5. The number of carbonyl (C=O) groups excluding carboxylic acids is 1. The highest BCUT2D eigenvalue weighted by atomic mass is 16.5. The van der Waals surface area contributed by atoms with Gasteiger partial charge in [-0.1, -0.05) is 19.1 Å². The van der Waals surface area contributed by atoms with Crippen molar-refractivity contribution in [3.8, 4) is 5.75 Å². The number of ether oxygens (including phenoxy) is 1. The van der Waals surface area contributed by atoms with E-state index in [1.807, 2.05) is 26.0 Å². The maximum absolute atomic E-state index is 12.1. The van der Waals surface area contributed by atoms with E-state index in [1.54, 1.807) is 19.2 Å². The van der Waals surface area contributed by atoms with E-state index in [1.165, 1.54) is 0 Å². The molecule has 0 bridgehead atoms. The molecule has 1 heterocycles. The van der Waals surface area contributed by atoms with Crippen LogP contribution in [0.15, 0.2) is 28.7 Å². The lowest BCUT2D eigenvalue weighted by atomic mass is 10.1. The molecule has 1 aromatic heterocycles. The number of benzene rings is 1. The molecule has 2 rings (SSSR count). The zero-order valence-corrected chi connectivity index (χ0v) is 11.8. The van der Waals surface area contributed by atoms with E-state index in [9.17, 15) is 4.79 Å². The number of methoxy groups -OCH3 is 1. The van der Waals surface area contributed by atoms with E-state index in [0.717, 1.165) is 5.39 Å². The maximum atomic E-state index is 12.1. The molecule has 0 aliphatic carbocycles. The van der Waals surface area contributed by atoms with Crippen molar-refractivity contribution in [2.45, 2.75) is 19.9 Å². The molecule has 5 nitrogen and oxygen atoms in total. The monoisotopic (exact) mass is 277 g/mol. The minimum Gasteiger partial charge on any atom is -0.493 e. The Morgan fingerprint density at radius 3 is 2.85 bits per heavy atom. The van der Waals surface area contributed by atoms with Crippen molar-refractivity contribution in [3.05, 3.63) is 30.0 Å². The number of hydrogen-bond donors (Lipinski definition) is 2. The van der Waals surface area contributed by atoms with Crippen LogP contribution < -0.4 is 10.1 Å². The lowest BCUT2D eigenvalue weighted by molar-refractivity contribution is 0.0890. The van der Waals surface area contributed by atoms with E-state index >= 15 is 0 Å². The highest BCUT2D eigenvalue weighted by Crippen LogP contribution is 2.28. The molecule has 0 aliphatic heterocycles.